The number of rotatable bonds is 2. The van der Waals surface area contributed by atoms with Gasteiger partial charge in [-0.25, -0.2) is 10.5 Å². The summed E-state index contributed by atoms with van der Waals surface area (Å²) in [6, 6.07) is 2.12. The van der Waals surface area contributed by atoms with Crippen molar-refractivity contribution in [2.75, 3.05) is 38.1 Å². The number of anilines is 1. The molecule has 4 rings (SSSR count). The second-order valence-electron chi connectivity index (χ2n) is 6.70. The van der Waals surface area contributed by atoms with Gasteiger partial charge in [0.15, 0.2) is 11.7 Å². The molecule has 0 spiro atoms. The summed E-state index contributed by atoms with van der Waals surface area (Å²) in [6.45, 7) is 2.94. The van der Waals surface area contributed by atoms with E-state index in [0.717, 1.165) is 19.2 Å². The van der Waals surface area contributed by atoms with Crippen molar-refractivity contribution in [3.63, 3.8) is 0 Å². The van der Waals surface area contributed by atoms with Gasteiger partial charge in [0.1, 0.15) is 6.33 Å². The van der Waals surface area contributed by atoms with Crippen LogP contribution >= 0.6 is 0 Å². The van der Waals surface area contributed by atoms with E-state index in [2.05, 4.69) is 30.3 Å². The number of hydrogen-bond donors (Lipinski definition) is 2. The van der Waals surface area contributed by atoms with Gasteiger partial charge in [-0.2, -0.15) is 18.3 Å². The number of amidine groups is 1. The number of alkyl halides is 3. The number of fused-ring (bicyclic) bond motifs is 3. The Bertz CT molecular complexity index is 1110. The standard InChI is InChI=1S/C16H17F3N10/c1-27-2-4-28(5-3-27)14-15-26-22-8-29(15)12-6-9(13(24-20)25-21)10(16(17,18)19)7-11(12)23-14/h6-8,20H,2-5,21H2,1H3/b24-20?,25-13-. The number of piperazine rings is 1. The highest BCUT2D eigenvalue weighted by Crippen LogP contribution is 2.36. The van der Waals surface area contributed by atoms with E-state index in [9.17, 15) is 13.2 Å². The average Bonchev–Trinajstić information content (AvgIpc) is 3.18. The summed E-state index contributed by atoms with van der Waals surface area (Å²) >= 11 is 0. The first-order valence-electron chi connectivity index (χ1n) is 8.67. The number of nitrogens with zero attached hydrogens (tertiary/aromatic N) is 8. The second-order valence-corrected chi connectivity index (χ2v) is 6.70. The van der Waals surface area contributed by atoms with Crippen LogP contribution in [0.4, 0.5) is 19.0 Å². The Morgan fingerprint density at radius 2 is 1.93 bits per heavy atom. The van der Waals surface area contributed by atoms with E-state index in [-0.39, 0.29) is 5.52 Å². The number of hydrogen-bond acceptors (Lipinski definition) is 8. The largest absolute Gasteiger partial charge is 0.417 e. The molecule has 0 radical (unpaired) electrons. The molecule has 1 aliphatic heterocycles. The first kappa shape index (κ1) is 19.0. The molecule has 0 aliphatic carbocycles. The van der Waals surface area contributed by atoms with Gasteiger partial charge in [-0.15, -0.1) is 15.3 Å². The summed E-state index contributed by atoms with van der Waals surface area (Å²) in [5, 5.41) is 14.2. The molecule has 29 heavy (non-hydrogen) atoms. The summed E-state index contributed by atoms with van der Waals surface area (Å²) < 4.78 is 42.6. The molecule has 1 saturated heterocycles. The van der Waals surface area contributed by atoms with Crippen LogP contribution in [0, 0.1) is 5.53 Å². The van der Waals surface area contributed by atoms with E-state index in [1.54, 1.807) is 4.40 Å². The summed E-state index contributed by atoms with van der Waals surface area (Å²) in [7, 11) is 2.00. The SMILES string of the molecule is CN1CCN(c2nc3cc(C(F)(F)F)c(/C(N=N)=N/N)cc3n3cnnc23)CC1. The molecule has 152 valence electrons. The molecule has 1 aliphatic rings. The molecule has 0 saturated carbocycles. The molecule has 13 heteroatoms. The zero-order valence-corrected chi connectivity index (χ0v) is 15.3. The van der Waals surface area contributed by atoms with Crippen LogP contribution in [0.1, 0.15) is 11.1 Å². The highest BCUT2D eigenvalue weighted by atomic mass is 19.4. The maximum atomic E-state index is 13.7. The third kappa shape index (κ3) is 3.22. The maximum Gasteiger partial charge on any atom is 0.417 e. The highest BCUT2D eigenvalue weighted by Gasteiger charge is 2.36. The minimum atomic E-state index is -4.71. The quantitative estimate of drug-likeness (QED) is 0.219. The van der Waals surface area contributed by atoms with Crippen LogP contribution in [0.25, 0.3) is 16.7 Å². The molecular weight excluding hydrogens is 389 g/mol. The van der Waals surface area contributed by atoms with Gasteiger partial charge < -0.3 is 15.6 Å². The predicted octanol–water partition coefficient (Wildman–Crippen LogP) is 1.70. The van der Waals surface area contributed by atoms with E-state index in [0.29, 0.717) is 30.1 Å². The van der Waals surface area contributed by atoms with Crippen molar-refractivity contribution in [3.05, 3.63) is 29.6 Å². The number of aromatic nitrogens is 4. The number of nitrogens with one attached hydrogen (secondary N) is 1. The smallest absolute Gasteiger partial charge is 0.351 e. The number of likely N-dealkylation sites (N-methyl/N-ethyl adjacent to an activating group) is 1. The van der Waals surface area contributed by atoms with Crippen molar-refractivity contribution in [2.24, 2.45) is 16.1 Å². The van der Waals surface area contributed by atoms with Gasteiger partial charge in [0.2, 0.25) is 5.65 Å². The zero-order chi connectivity index (χ0) is 20.8. The Balaban J connectivity index is 1.99. The Kier molecular flexibility index (Phi) is 4.53. The van der Waals surface area contributed by atoms with Crippen molar-refractivity contribution in [1.82, 2.24) is 24.5 Å². The molecule has 0 unspecified atom stereocenters. The van der Waals surface area contributed by atoms with Crippen molar-refractivity contribution < 1.29 is 13.2 Å². The van der Waals surface area contributed by atoms with Crippen LogP contribution in [0.2, 0.25) is 0 Å². The first-order chi connectivity index (χ1) is 13.8. The monoisotopic (exact) mass is 406 g/mol. The van der Waals surface area contributed by atoms with E-state index < -0.39 is 23.1 Å². The predicted molar refractivity (Wildman–Crippen MR) is 98.9 cm³/mol. The molecule has 3 aromatic rings. The molecule has 0 atom stereocenters. The van der Waals surface area contributed by atoms with Crippen molar-refractivity contribution in [3.8, 4) is 0 Å². The van der Waals surface area contributed by atoms with Crippen molar-refractivity contribution in [1.29, 1.82) is 5.53 Å². The zero-order valence-electron chi connectivity index (χ0n) is 15.3. The van der Waals surface area contributed by atoms with Gasteiger partial charge in [-0.3, -0.25) is 4.40 Å². The minimum absolute atomic E-state index is 0.114. The lowest BCUT2D eigenvalue weighted by atomic mass is 10.0. The summed E-state index contributed by atoms with van der Waals surface area (Å²) in [4.78, 5) is 8.63. The Morgan fingerprint density at radius 1 is 1.21 bits per heavy atom. The van der Waals surface area contributed by atoms with Crippen LogP contribution in [-0.4, -0.2) is 63.5 Å². The number of benzene rings is 1. The Hall–Kier alpha value is -3.35. The minimum Gasteiger partial charge on any atom is -0.351 e. The summed E-state index contributed by atoms with van der Waals surface area (Å²) in [5.74, 6) is 5.08. The number of halogens is 3. The van der Waals surface area contributed by atoms with Gasteiger partial charge >= 0.3 is 6.18 Å². The fourth-order valence-electron chi connectivity index (χ4n) is 3.40. The van der Waals surface area contributed by atoms with Crippen LogP contribution < -0.4 is 10.7 Å². The van der Waals surface area contributed by atoms with Gasteiger partial charge in [0, 0.05) is 31.7 Å². The molecular formula is C16H17F3N10. The normalized spacial score (nSPS) is 16.7. The van der Waals surface area contributed by atoms with Gasteiger partial charge in [-0.1, -0.05) is 0 Å². The lowest BCUT2D eigenvalue weighted by molar-refractivity contribution is -0.137. The number of nitrogens with two attached hydrogens (primary N) is 1. The van der Waals surface area contributed by atoms with Crippen LogP contribution in [-0.2, 0) is 6.18 Å². The average molecular weight is 406 g/mol. The Labute approximate surface area is 162 Å². The first-order valence-corrected chi connectivity index (χ1v) is 8.67. The number of hydrazone groups is 1. The maximum absolute atomic E-state index is 13.7. The lowest BCUT2D eigenvalue weighted by Crippen LogP contribution is -2.45. The molecule has 10 nitrogen and oxygen atoms in total. The molecule has 2 aromatic heterocycles. The molecule has 0 amide bonds. The molecule has 1 aromatic carbocycles. The molecule has 3 heterocycles. The van der Waals surface area contributed by atoms with E-state index in [4.69, 9.17) is 11.4 Å². The van der Waals surface area contributed by atoms with E-state index >= 15 is 0 Å². The third-order valence-electron chi connectivity index (χ3n) is 4.93. The Morgan fingerprint density at radius 3 is 2.55 bits per heavy atom. The highest BCUT2D eigenvalue weighted by molar-refractivity contribution is 6.03. The van der Waals surface area contributed by atoms with Gasteiger partial charge in [0.25, 0.3) is 0 Å². The van der Waals surface area contributed by atoms with Crippen LogP contribution in [0.15, 0.2) is 28.7 Å². The third-order valence-corrected chi connectivity index (χ3v) is 4.93. The van der Waals surface area contributed by atoms with Crippen molar-refractivity contribution >= 4 is 28.3 Å². The van der Waals surface area contributed by atoms with E-state index in [1.165, 1.54) is 12.4 Å². The molecule has 0 bridgehead atoms. The summed E-state index contributed by atoms with van der Waals surface area (Å²) in [6.07, 6.45) is -3.30. The van der Waals surface area contributed by atoms with Crippen LogP contribution in [0.3, 0.4) is 0 Å². The lowest BCUT2D eigenvalue weighted by Gasteiger charge is -2.33. The fraction of sp³-hybridized carbons (Fsp3) is 0.375. The summed E-state index contributed by atoms with van der Waals surface area (Å²) in [5.41, 5.74) is 6.56. The topological polar surface area (TPSA) is 124 Å². The fourth-order valence-corrected chi connectivity index (χ4v) is 3.40. The van der Waals surface area contributed by atoms with Gasteiger partial charge in [0.05, 0.1) is 16.6 Å². The molecule has 1 fully saturated rings. The van der Waals surface area contributed by atoms with Gasteiger partial charge in [-0.05, 0) is 19.2 Å². The van der Waals surface area contributed by atoms with E-state index in [1.807, 2.05) is 11.9 Å². The second kappa shape index (κ2) is 6.92. The molecule has 3 N–H and O–H groups in total. The van der Waals surface area contributed by atoms with Crippen LogP contribution in [0.5, 0.6) is 0 Å². The van der Waals surface area contributed by atoms with Crippen molar-refractivity contribution in [2.45, 2.75) is 6.18 Å².